The van der Waals surface area contributed by atoms with Crippen molar-refractivity contribution in [2.45, 2.75) is 45.4 Å². The first kappa shape index (κ1) is 23.4. The van der Waals surface area contributed by atoms with Crippen molar-refractivity contribution in [1.29, 1.82) is 5.26 Å². The summed E-state index contributed by atoms with van der Waals surface area (Å²) in [5.41, 5.74) is 4.93. The highest BCUT2D eigenvalue weighted by Gasteiger charge is 2.17. The topological polar surface area (TPSA) is 129 Å². The van der Waals surface area contributed by atoms with Crippen LogP contribution in [0.2, 0.25) is 0 Å². The number of hydrogen-bond donors (Lipinski definition) is 2. The van der Waals surface area contributed by atoms with Gasteiger partial charge in [0, 0.05) is 30.9 Å². The molecule has 0 spiro atoms. The van der Waals surface area contributed by atoms with Gasteiger partial charge in [0.1, 0.15) is 11.6 Å². The molecule has 2 N–H and O–H groups in total. The van der Waals surface area contributed by atoms with Gasteiger partial charge in [-0.2, -0.15) is 10.4 Å². The maximum Gasteiger partial charge on any atom is 0.240 e. The third kappa shape index (κ3) is 4.95. The van der Waals surface area contributed by atoms with E-state index in [1.807, 2.05) is 26.8 Å². The van der Waals surface area contributed by atoms with Gasteiger partial charge < -0.3 is 5.32 Å². The molecule has 168 valence electrons. The van der Waals surface area contributed by atoms with Crippen molar-refractivity contribution in [3.63, 3.8) is 0 Å². The van der Waals surface area contributed by atoms with Gasteiger partial charge in [0.05, 0.1) is 11.1 Å². The number of sulfonamides is 1. The fourth-order valence-electron chi connectivity index (χ4n) is 3.54. The average Bonchev–Trinajstić information content (AvgIpc) is 3.15. The molecule has 0 aliphatic carbocycles. The molecule has 2 aromatic heterocycles. The van der Waals surface area contributed by atoms with Gasteiger partial charge in [-0.05, 0) is 56.9 Å². The first-order chi connectivity index (χ1) is 15.1. The number of rotatable bonds is 8. The predicted molar refractivity (Wildman–Crippen MR) is 120 cm³/mol. The summed E-state index contributed by atoms with van der Waals surface area (Å²) in [6, 6.07) is 7.33. The Morgan fingerprint density at radius 3 is 2.66 bits per heavy atom. The minimum atomic E-state index is -3.64. The molecule has 0 aliphatic heterocycles. The van der Waals surface area contributed by atoms with E-state index in [4.69, 9.17) is 5.26 Å². The number of carbonyl (C=O) groups excluding carboxylic acids is 1. The molecule has 1 aromatic carbocycles. The second kappa shape index (κ2) is 9.46. The van der Waals surface area contributed by atoms with E-state index >= 15 is 0 Å². The smallest absolute Gasteiger partial charge is 0.240 e. The number of amides is 1. The lowest BCUT2D eigenvalue weighted by molar-refractivity contribution is -0.121. The maximum atomic E-state index is 12.5. The van der Waals surface area contributed by atoms with Crippen LogP contribution >= 0.6 is 0 Å². The van der Waals surface area contributed by atoms with E-state index in [-0.39, 0.29) is 30.3 Å². The molecule has 10 heteroatoms. The molecule has 0 fully saturated rings. The minimum absolute atomic E-state index is 0.0945. The number of hydrogen-bond acceptors (Lipinski definition) is 6. The van der Waals surface area contributed by atoms with Crippen LogP contribution < -0.4 is 10.0 Å². The molecule has 0 saturated carbocycles. The Balaban J connectivity index is 1.54. The maximum absolute atomic E-state index is 12.5. The summed E-state index contributed by atoms with van der Waals surface area (Å²) in [4.78, 5) is 17.0. The van der Waals surface area contributed by atoms with E-state index in [9.17, 15) is 13.2 Å². The Labute approximate surface area is 187 Å². The monoisotopic (exact) mass is 454 g/mol. The normalized spacial score (nSPS) is 11.5. The van der Waals surface area contributed by atoms with E-state index in [2.05, 4.69) is 26.2 Å². The quantitative estimate of drug-likeness (QED) is 0.500. The molecule has 0 radical (unpaired) electrons. The molecule has 0 atom stereocenters. The second-order valence-corrected chi connectivity index (χ2v) is 9.42. The number of nitrogens with zero attached hydrogens (tertiary/aromatic N) is 4. The molecule has 0 aliphatic rings. The summed E-state index contributed by atoms with van der Waals surface area (Å²) in [6.07, 6.45) is 2.16. The molecule has 3 rings (SSSR count). The molecule has 0 saturated heterocycles. The highest BCUT2D eigenvalue weighted by molar-refractivity contribution is 7.89. The lowest BCUT2D eigenvalue weighted by atomic mass is 10.1. The van der Waals surface area contributed by atoms with Crippen LogP contribution in [0.4, 0.5) is 0 Å². The lowest BCUT2D eigenvalue weighted by Gasteiger charge is -2.12. The fraction of sp³-hybridized carbons (Fsp3) is 0.364. The molecule has 32 heavy (non-hydrogen) atoms. The van der Waals surface area contributed by atoms with Gasteiger partial charge in [0.15, 0.2) is 5.65 Å². The molecule has 0 unspecified atom stereocenters. The van der Waals surface area contributed by atoms with Crippen molar-refractivity contribution in [3.05, 3.63) is 58.0 Å². The van der Waals surface area contributed by atoms with Crippen molar-refractivity contribution in [2.75, 3.05) is 13.1 Å². The molecule has 3 aromatic rings. The van der Waals surface area contributed by atoms with E-state index in [1.165, 1.54) is 6.20 Å². The van der Waals surface area contributed by atoms with E-state index in [0.717, 1.165) is 22.5 Å². The number of aromatic nitrogens is 3. The molecular formula is C22H26N6O3S. The van der Waals surface area contributed by atoms with Crippen LogP contribution in [0.5, 0.6) is 0 Å². The van der Waals surface area contributed by atoms with Gasteiger partial charge in [-0.15, -0.1) is 0 Å². The first-order valence-corrected chi connectivity index (χ1v) is 11.7. The van der Waals surface area contributed by atoms with Gasteiger partial charge in [-0.1, -0.05) is 12.1 Å². The largest absolute Gasteiger partial charge is 0.355 e. The third-order valence-electron chi connectivity index (χ3n) is 5.30. The molecular weight excluding hydrogens is 428 g/mol. The van der Waals surface area contributed by atoms with Crippen LogP contribution in [-0.2, 0) is 21.2 Å². The fourth-order valence-corrected chi connectivity index (χ4v) is 4.90. The van der Waals surface area contributed by atoms with Crippen molar-refractivity contribution in [1.82, 2.24) is 24.6 Å². The zero-order chi connectivity index (χ0) is 23.5. The van der Waals surface area contributed by atoms with E-state index in [1.54, 1.807) is 23.6 Å². The van der Waals surface area contributed by atoms with Crippen molar-refractivity contribution in [3.8, 4) is 6.07 Å². The zero-order valence-corrected chi connectivity index (χ0v) is 19.4. The van der Waals surface area contributed by atoms with E-state index < -0.39 is 10.0 Å². The Bertz CT molecular complexity index is 1320. The summed E-state index contributed by atoms with van der Waals surface area (Å²) in [5.74, 6) is -0.187. The van der Waals surface area contributed by atoms with Gasteiger partial charge in [-0.25, -0.2) is 22.6 Å². The number of benzene rings is 1. The highest BCUT2D eigenvalue weighted by Crippen LogP contribution is 2.18. The lowest BCUT2D eigenvalue weighted by Crippen LogP contribution is -2.35. The molecule has 0 bridgehead atoms. The van der Waals surface area contributed by atoms with Gasteiger partial charge in [0.25, 0.3) is 0 Å². The van der Waals surface area contributed by atoms with E-state index in [0.29, 0.717) is 23.2 Å². The zero-order valence-electron chi connectivity index (χ0n) is 18.6. The van der Waals surface area contributed by atoms with Crippen LogP contribution in [0.1, 0.15) is 40.1 Å². The van der Waals surface area contributed by atoms with Gasteiger partial charge in [-0.3, -0.25) is 4.79 Å². The number of aryl methyl sites for hydroxylation is 4. The summed E-state index contributed by atoms with van der Waals surface area (Å²) in [5, 5.41) is 16.1. The Hall–Kier alpha value is -3.29. The van der Waals surface area contributed by atoms with Gasteiger partial charge >= 0.3 is 0 Å². The van der Waals surface area contributed by atoms with Crippen molar-refractivity contribution >= 4 is 21.6 Å². The van der Waals surface area contributed by atoms with Crippen molar-refractivity contribution < 1.29 is 13.2 Å². The average molecular weight is 455 g/mol. The highest BCUT2D eigenvalue weighted by atomic mass is 32.2. The van der Waals surface area contributed by atoms with Crippen LogP contribution in [-0.4, -0.2) is 42.0 Å². The molecule has 9 nitrogen and oxygen atoms in total. The van der Waals surface area contributed by atoms with Crippen LogP contribution in [0.25, 0.3) is 5.65 Å². The Morgan fingerprint density at radius 1 is 1.19 bits per heavy atom. The second-order valence-electron chi connectivity index (χ2n) is 7.68. The third-order valence-corrected chi connectivity index (χ3v) is 6.91. The van der Waals surface area contributed by atoms with Crippen LogP contribution in [0.15, 0.2) is 29.3 Å². The Morgan fingerprint density at radius 2 is 1.94 bits per heavy atom. The predicted octanol–water partition coefficient (Wildman–Crippen LogP) is 1.86. The standard InChI is InChI=1S/C22H26N6O3S/c1-14-5-6-15(2)20(11-14)32(30,31)26-10-9-24-21(29)8-7-19-16(3)27-22-18(12-23)13-25-28(22)17(19)4/h5-6,11,13,26H,7-10H2,1-4H3,(H,24,29). The minimum Gasteiger partial charge on any atom is -0.355 e. The van der Waals surface area contributed by atoms with Gasteiger partial charge in [0.2, 0.25) is 15.9 Å². The Kier molecular flexibility index (Phi) is 6.91. The van der Waals surface area contributed by atoms with Crippen LogP contribution in [0.3, 0.4) is 0 Å². The SMILES string of the molecule is Cc1ccc(C)c(S(=O)(=O)NCCNC(=O)CCc2c(C)nc3c(C#N)cnn3c2C)c1. The summed E-state index contributed by atoms with van der Waals surface area (Å²) < 4.78 is 29.2. The molecule has 2 heterocycles. The number of nitriles is 1. The summed E-state index contributed by atoms with van der Waals surface area (Å²) in [6.45, 7) is 7.59. The summed E-state index contributed by atoms with van der Waals surface area (Å²) >= 11 is 0. The first-order valence-electron chi connectivity index (χ1n) is 10.2. The van der Waals surface area contributed by atoms with Crippen molar-refractivity contribution in [2.24, 2.45) is 0 Å². The number of fused-ring (bicyclic) bond motifs is 1. The number of carbonyl (C=O) groups is 1. The van der Waals surface area contributed by atoms with Crippen LogP contribution in [0, 0.1) is 39.0 Å². The molecule has 1 amide bonds. The number of nitrogens with one attached hydrogen (secondary N) is 2. The summed E-state index contributed by atoms with van der Waals surface area (Å²) in [7, 11) is -3.64.